The standard InChI is InChI=1S/C14H12ClNO3/c1-7-12(14(18)19)16(9-3-4-9)11-6-8(15)2-5-10(11)13(7)17/h2,5-6,9H,3-4H2,1H3,(H,18,19). The number of pyridine rings is 1. The molecule has 1 aliphatic rings. The van der Waals surface area contributed by atoms with Gasteiger partial charge in [0.15, 0.2) is 5.43 Å². The van der Waals surface area contributed by atoms with E-state index in [2.05, 4.69) is 0 Å². The van der Waals surface area contributed by atoms with Crippen LogP contribution in [-0.4, -0.2) is 15.6 Å². The second-order valence-corrected chi connectivity index (χ2v) is 5.31. The van der Waals surface area contributed by atoms with Gasteiger partial charge < -0.3 is 9.67 Å². The van der Waals surface area contributed by atoms with Gasteiger partial charge in [-0.3, -0.25) is 4.79 Å². The van der Waals surface area contributed by atoms with Crippen LogP contribution in [0, 0.1) is 6.92 Å². The summed E-state index contributed by atoms with van der Waals surface area (Å²) in [6.45, 7) is 1.57. The van der Waals surface area contributed by atoms with E-state index in [0.29, 0.717) is 15.9 Å². The number of carbonyl (C=O) groups is 1. The Kier molecular flexibility index (Phi) is 2.64. The molecule has 0 spiro atoms. The minimum atomic E-state index is -1.07. The monoisotopic (exact) mass is 277 g/mol. The molecule has 1 saturated carbocycles. The minimum Gasteiger partial charge on any atom is -0.477 e. The number of rotatable bonds is 2. The van der Waals surface area contributed by atoms with Crippen LogP contribution in [0.3, 0.4) is 0 Å². The van der Waals surface area contributed by atoms with Gasteiger partial charge in [0.2, 0.25) is 0 Å². The van der Waals surface area contributed by atoms with Crippen molar-refractivity contribution in [1.82, 2.24) is 4.57 Å². The molecule has 0 amide bonds. The van der Waals surface area contributed by atoms with E-state index in [1.807, 2.05) is 0 Å². The molecule has 4 nitrogen and oxygen atoms in total. The van der Waals surface area contributed by atoms with E-state index >= 15 is 0 Å². The zero-order chi connectivity index (χ0) is 13.7. The molecule has 19 heavy (non-hydrogen) atoms. The summed E-state index contributed by atoms with van der Waals surface area (Å²) in [6.07, 6.45) is 1.87. The van der Waals surface area contributed by atoms with Crippen LogP contribution in [0.25, 0.3) is 10.9 Å². The highest BCUT2D eigenvalue weighted by Crippen LogP contribution is 2.39. The molecule has 1 fully saturated rings. The van der Waals surface area contributed by atoms with E-state index < -0.39 is 5.97 Å². The van der Waals surface area contributed by atoms with Gasteiger partial charge in [0.05, 0.1) is 5.52 Å². The van der Waals surface area contributed by atoms with Crippen molar-refractivity contribution >= 4 is 28.5 Å². The molecule has 0 bridgehead atoms. The average Bonchev–Trinajstić information content (AvgIpc) is 3.16. The number of hydrogen-bond acceptors (Lipinski definition) is 2. The van der Waals surface area contributed by atoms with Crippen LogP contribution in [0.5, 0.6) is 0 Å². The van der Waals surface area contributed by atoms with E-state index in [1.165, 1.54) is 0 Å². The van der Waals surface area contributed by atoms with E-state index in [1.54, 1.807) is 29.7 Å². The number of aromatic carboxylic acids is 1. The van der Waals surface area contributed by atoms with Crippen molar-refractivity contribution in [2.24, 2.45) is 0 Å². The van der Waals surface area contributed by atoms with Crippen molar-refractivity contribution in [2.45, 2.75) is 25.8 Å². The number of hydrogen-bond donors (Lipinski definition) is 1. The molecule has 0 aliphatic heterocycles. The fourth-order valence-corrected chi connectivity index (χ4v) is 2.65. The predicted octanol–water partition coefficient (Wildman–Crippen LogP) is 3.00. The molecule has 2 aromatic rings. The third kappa shape index (κ3) is 1.83. The van der Waals surface area contributed by atoms with E-state index in [-0.39, 0.29) is 22.7 Å². The number of aromatic nitrogens is 1. The zero-order valence-electron chi connectivity index (χ0n) is 10.3. The van der Waals surface area contributed by atoms with Crippen molar-refractivity contribution in [2.75, 3.05) is 0 Å². The lowest BCUT2D eigenvalue weighted by Gasteiger charge is -2.16. The normalized spacial score (nSPS) is 14.8. The average molecular weight is 278 g/mol. The van der Waals surface area contributed by atoms with Crippen molar-refractivity contribution in [3.05, 3.63) is 44.7 Å². The number of halogens is 1. The summed E-state index contributed by atoms with van der Waals surface area (Å²) < 4.78 is 1.75. The maximum absolute atomic E-state index is 12.2. The summed E-state index contributed by atoms with van der Waals surface area (Å²) in [7, 11) is 0. The Bertz CT molecular complexity index is 759. The van der Waals surface area contributed by atoms with Crippen LogP contribution in [0.15, 0.2) is 23.0 Å². The lowest BCUT2D eigenvalue weighted by molar-refractivity contribution is 0.0683. The lowest BCUT2D eigenvalue weighted by atomic mass is 10.1. The molecule has 1 heterocycles. The molecule has 5 heteroatoms. The number of nitrogens with zero attached hydrogens (tertiary/aromatic N) is 1. The van der Waals surface area contributed by atoms with E-state index in [4.69, 9.17) is 11.6 Å². The van der Waals surface area contributed by atoms with Crippen molar-refractivity contribution in [1.29, 1.82) is 0 Å². The first kappa shape index (κ1) is 12.2. The number of carboxylic acid groups (broad SMARTS) is 1. The zero-order valence-corrected chi connectivity index (χ0v) is 11.1. The van der Waals surface area contributed by atoms with Gasteiger partial charge in [0.1, 0.15) is 5.69 Å². The summed E-state index contributed by atoms with van der Waals surface area (Å²) in [5, 5.41) is 10.4. The maximum Gasteiger partial charge on any atom is 0.352 e. The molecule has 1 N–H and O–H groups in total. The van der Waals surface area contributed by atoms with Crippen LogP contribution in [0.1, 0.15) is 34.9 Å². The molecule has 98 valence electrons. The van der Waals surface area contributed by atoms with Gasteiger partial charge in [0, 0.05) is 22.0 Å². The third-order valence-electron chi connectivity index (χ3n) is 3.52. The van der Waals surface area contributed by atoms with Crippen molar-refractivity contribution < 1.29 is 9.90 Å². The van der Waals surface area contributed by atoms with Crippen molar-refractivity contribution in [3.8, 4) is 0 Å². The predicted molar refractivity (Wildman–Crippen MR) is 73.2 cm³/mol. The van der Waals surface area contributed by atoms with Gasteiger partial charge >= 0.3 is 5.97 Å². The topological polar surface area (TPSA) is 59.3 Å². The van der Waals surface area contributed by atoms with Gasteiger partial charge in [-0.25, -0.2) is 4.79 Å². The van der Waals surface area contributed by atoms with Gasteiger partial charge in [-0.15, -0.1) is 0 Å². The highest BCUT2D eigenvalue weighted by atomic mass is 35.5. The highest BCUT2D eigenvalue weighted by molar-refractivity contribution is 6.31. The first-order valence-electron chi connectivity index (χ1n) is 6.08. The fourth-order valence-electron chi connectivity index (χ4n) is 2.48. The lowest BCUT2D eigenvalue weighted by Crippen LogP contribution is -2.21. The molecule has 0 atom stereocenters. The minimum absolute atomic E-state index is 0.0854. The number of benzene rings is 1. The van der Waals surface area contributed by atoms with E-state index in [0.717, 1.165) is 12.8 Å². The SMILES string of the molecule is Cc1c(C(=O)O)n(C2CC2)c2cc(Cl)ccc2c1=O. The molecule has 3 rings (SSSR count). The Morgan fingerprint density at radius 1 is 1.42 bits per heavy atom. The Balaban J connectivity index is 2.53. The molecule has 0 unspecified atom stereocenters. The summed E-state index contributed by atoms with van der Waals surface area (Å²) in [5.74, 6) is -1.07. The van der Waals surface area contributed by atoms with Crippen LogP contribution in [-0.2, 0) is 0 Å². The molecule has 0 saturated heterocycles. The first-order chi connectivity index (χ1) is 9.00. The van der Waals surface area contributed by atoms with E-state index in [9.17, 15) is 14.7 Å². The van der Waals surface area contributed by atoms with Gasteiger partial charge in [-0.2, -0.15) is 0 Å². The molecule has 1 aliphatic carbocycles. The van der Waals surface area contributed by atoms with Crippen LogP contribution in [0.4, 0.5) is 0 Å². The maximum atomic E-state index is 12.2. The van der Waals surface area contributed by atoms with Gasteiger partial charge in [-0.05, 0) is 38.0 Å². The fraction of sp³-hybridized carbons (Fsp3) is 0.286. The molecule has 1 aromatic carbocycles. The Hall–Kier alpha value is -1.81. The molecule has 0 radical (unpaired) electrons. The quantitative estimate of drug-likeness (QED) is 0.918. The van der Waals surface area contributed by atoms with Crippen LogP contribution in [0.2, 0.25) is 5.02 Å². The van der Waals surface area contributed by atoms with Crippen LogP contribution < -0.4 is 5.43 Å². The molecular formula is C14H12ClNO3. The summed E-state index contributed by atoms with van der Waals surface area (Å²) in [4.78, 5) is 23.7. The summed E-state index contributed by atoms with van der Waals surface area (Å²) in [6, 6.07) is 5.15. The Morgan fingerprint density at radius 3 is 2.68 bits per heavy atom. The molecule has 1 aromatic heterocycles. The van der Waals surface area contributed by atoms with Gasteiger partial charge in [0.25, 0.3) is 0 Å². The first-order valence-corrected chi connectivity index (χ1v) is 6.46. The second kappa shape index (κ2) is 4.10. The highest BCUT2D eigenvalue weighted by Gasteiger charge is 2.30. The Morgan fingerprint density at radius 2 is 2.11 bits per heavy atom. The van der Waals surface area contributed by atoms with Crippen molar-refractivity contribution in [3.63, 3.8) is 0 Å². The number of fused-ring (bicyclic) bond motifs is 1. The Labute approximate surface area is 114 Å². The third-order valence-corrected chi connectivity index (χ3v) is 3.75. The summed E-state index contributed by atoms with van der Waals surface area (Å²) >= 11 is 5.98. The van der Waals surface area contributed by atoms with Crippen LogP contribution >= 0.6 is 11.6 Å². The van der Waals surface area contributed by atoms with Gasteiger partial charge in [-0.1, -0.05) is 11.6 Å². The number of carboxylic acids is 1. The second-order valence-electron chi connectivity index (χ2n) is 4.87. The largest absolute Gasteiger partial charge is 0.477 e. The summed E-state index contributed by atoms with van der Waals surface area (Å²) in [5.41, 5.74) is 0.750. The smallest absolute Gasteiger partial charge is 0.352 e. The molecular weight excluding hydrogens is 266 g/mol.